The second-order valence-corrected chi connectivity index (χ2v) is 12.2. The van der Waals surface area contributed by atoms with Crippen LogP contribution in [0.15, 0.2) is 115 Å². The Labute approximate surface area is 303 Å². The van der Waals surface area contributed by atoms with Crippen molar-refractivity contribution >= 4 is 51.3 Å². The Hall–Kier alpha value is -4.76. The van der Waals surface area contributed by atoms with Crippen LogP contribution in [0, 0.1) is 25.5 Å². The van der Waals surface area contributed by atoms with Gasteiger partial charge in [-0.2, -0.15) is 0 Å². The highest BCUT2D eigenvalue weighted by molar-refractivity contribution is 9.10. The van der Waals surface area contributed by atoms with E-state index >= 15 is 0 Å². The maximum Gasteiger partial charge on any atom is 0.268 e. The van der Waals surface area contributed by atoms with Crippen molar-refractivity contribution in [2.45, 2.75) is 33.9 Å². The van der Waals surface area contributed by atoms with Crippen LogP contribution in [0.2, 0.25) is 10.0 Å². The largest absolute Gasteiger partial charge is 0.339 e. The summed E-state index contributed by atoms with van der Waals surface area (Å²) in [6.07, 6.45) is 6.03. The maximum atomic E-state index is 11.9. The summed E-state index contributed by atoms with van der Waals surface area (Å²) >= 11 is 19.4. The minimum Gasteiger partial charge on any atom is -0.339 e. The number of rotatable bonds is 4. The smallest absolute Gasteiger partial charge is 0.268 e. The van der Waals surface area contributed by atoms with Crippen molar-refractivity contribution in [2.24, 2.45) is 0 Å². The maximum absolute atomic E-state index is 11.9. The molecule has 0 bridgehead atoms. The molecule has 4 aromatic heterocycles. The molecule has 0 aliphatic rings. The van der Waals surface area contributed by atoms with Crippen molar-refractivity contribution in [1.82, 2.24) is 39.0 Å². The number of halogens is 3. The van der Waals surface area contributed by atoms with Gasteiger partial charge in [0.05, 0.1) is 13.1 Å². The number of benzene rings is 2. The first-order chi connectivity index (χ1) is 23.3. The summed E-state index contributed by atoms with van der Waals surface area (Å²) in [6, 6.07) is 19.1. The van der Waals surface area contributed by atoms with Gasteiger partial charge in [-0.05, 0) is 84.3 Å². The highest BCUT2D eigenvalue weighted by atomic mass is 79.9. The normalized spacial score (nSPS) is 10.0. The predicted octanol–water partition coefficient (Wildman–Crippen LogP) is 5.78. The molecule has 12 nitrogen and oxygen atoms in total. The number of hydrogen-bond acceptors (Lipinski definition) is 8. The van der Waals surface area contributed by atoms with Crippen LogP contribution in [0.3, 0.4) is 0 Å². The van der Waals surface area contributed by atoms with Crippen molar-refractivity contribution < 1.29 is 0 Å². The fraction of sp³-hybridized carbons (Fsp3) is 0.152. The zero-order valence-corrected chi connectivity index (χ0v) is 30.4. The molecule has 0 unspecified atom stereocenters. The number of hydrogen-bond donors (Lipinski definition) is 3. The molecule has 4 heterocycles. The van der Waals surface area contributed by atoms with Gasteiger partial charge in [-0.25, -0.2) is 15.0 Å². The number of nitrogens with zero attached hydrogens (tertiary/aromatic N) is 5. The standard InChI is InChI=1S/C12H10BrClN2O.C12H11ClN2O.C5H6N2O.C4H4N2OS/c1-8-15-6-11(13)12(17)16(8)7-9-2-4-10(14)5-3-9;1-9-14-7-6-12(16)15(9)8-10-2-4-11(13)5-3-10;1-4-6-3-2-5(8)7-4;7-3-1-2-5-4(8)6-3/h2-6H,7H2,1H3;2-7H,8H2,1H3;2-3H,1H3,(H,6,7,8);1-2H,(H2,5,6,7,8). The Bertz CT molecular complexity index is 2240. The molecular weight excluding hydrogens is 755 g/mol. The van der Waals surface area contributed by atoms with E-state index in [1.54, 1.807) is 16.1 Å². The van der Waals surface area contributed by atoms with E-state index in [0.29, 0.717) is 49.9 Å². The first-order valence-corrected chi connectivity index (χ1v) is 16.3. The number of H-pyrrole nitrogens is 3. The molecule has 0 fully saturated rings. The summed E-state index contributed by atoms with van der Waals surface area (Å²) in [5, 5.41) is 1.38. The van der Waals surface area contributed by atoms with Gasteiger partial charge in [0.2, 0.25) is 0 Å². The molecule has 49 heavy (non-hydrogen) atoms. The van der Waals surface area contributed by atoms with E-state index in [0.717, 1.165) is 11.1 Å². The van der Waals surface area contributed by atoms with Gasteiger partial charge in [-0.3, -0.25) is 33.3 Å². The molecule has 0 amide bonds. The Morgan fingerprint density at radius 1 is 0.694 bits per heavy atom. The molecule has 6 aromatic rings. The molecule has 0 saturated carbocycles. The lowest BCUT2D eigenvalue weighted by atomic mass is 10.2. The summed E-state index contributed by atoms with van der Waals surface area (Å²) in [6.45, 7) is 6.38. The van der Waals surface area contributed by atoms with E-state index in [1.807, 2.05) is 62.4 Å². The molecule has 6 rings (SSSR count). The molecule has 16 heteroatoms. The topological polar surface area (TPSA) is 164 Å². The highest BCUT2D eigenvalue weighted by Crippen LogP contribution is 2.12. The van der Waals surface area contributed by atoms with Crippen LogP contribution >= 0.6 is 51.3 Å². The average Bonchev–Trinajstić information content (AvgIpc) is 3.06. The van der Waals surface area contributed by atoms with Gasteiger partial charge in [-0.1, -0.05) is 47.5 Å². The van der Waals surface area contributed by atoms with Gasteiger partial charge >= 0.3 is 0 Å². The molecule has 3 N–H and O–H groups in total. The lowest BCUT2D eigenvalue weighted by molar-refractivity contribution is 0.695. The molecular formula is C33H31BrCl2N8O4S. The second kappa shape index (κ2) is 19.3. The van der Waals surface area contributed by atoms with Gasteiger partial charge in [0.1, 0.15) is 21.9 Å². The lowest BCUT2D eigenvalue weighted by Crippen LogP contribution is -2.24. The Kier molecular flexibility index (Phi) is 15.2. The van der Waals surface area contributed by atoms with E-state index in [9.17, 15) is 19.2 Å². The summed E-state index contributed by atoms with van der Waals surface area (Å²) in [7, 11) is 0. The highest BCUT2D eigenvalue weighted by Gasteiger charge is 2.06. The van der Waals surface area contributed by atoms with E-state index in [-0.39, 0.29) is 22.2 Å². The van der Waals surface area contributed by atoms with Crippen molar-refractivity contribution in [2.75, 3.05) is 0 Å². The number of aryl methyl sites for hydroxylation is 3. The third-order valence-corrected chi connectivity index (χ3v) is 7.60. The first kappa shape index (κ1) is 38.7. The Morgan fingerprint density at radius 2 is 1.22 bits per heavy atom. The van der Waals surface area contributed by atoms with Gasteiger partial charge in [0.15, 0.2) is 4.77 Å². The number of aromatic amines is 3. The first-order valence-electron chi connectivity index (χ1n) is 14.4. The van der Waals surface area contributed by atoms with Crippen LogP contribution in [-0.4, -0.2) is 39.0 Å². The molecule has 2 aromatic carbocycles. The Morgan fingerprint density at radius 3 is 1.69 bits per heavy atom. The number of nitrogens with one attached hydrogen (secondary N) is 3. The predicted molar refractivity (Wildman–Crippen MR) is 197 cm³/mol. The summed E-state index contributed by atoms with van der Waals surface area (Å²) in [5.41, 5.74) is 1.66. The van der Waals surface area contributed by atoms with Crippen LogP contribution in [0.1, 0.15) is 28.6 Å². The molecule has 0 radical (unpaired) electrons. The van der Waals surface area contributed by atoms with E-state index in [1.165, 1.54) is 43.0 Å². The van der Waals surface area contributed by atoms with Crippen molar-refractivity contribution in [3.8, 4) is 0 Å². The molecule has 0 aliphatic carbocycles. The quantitative estimate of drug-likeness (QED) is 0.190. The van der Waals surface area contributed by atoms with Crippen LogP contribution in [0.25, 0.3) is 0 Å². The fourth-order valence-corrected chi connectivity index (χ4v) is 4.59. The van der Waals surface area contributed by atoms with E-state index < -0.39 is 0 Å². The van der Waals surface area contributed by atoms with Gasteiger partial charge in [0.25, 0.3) is 22.2 Å². The van der Waals surface area contributed by atoms with Crippen LogP contribution in [0.5, 0.6) is 0 Å². The third kappa shape index (κ3) is 13.3. The summed E-state index contributed by atoms with van der Waals surface area (Å²) in [4.78, 5) is 63.8. The fourth-order valence-electron chi connectivity index (χ4n) is 3.85. The second-order valence-electron chi connectivity index (χ2n) is 10.0. The van der Waals surface area contributed by atoms with E-state index in [4.69, 9.17) is 23.2 Å². The molecule has 0 aliphatic heterocycles. The van der Waals surface area contributed by atoms with Gasteiger partial charge < -0.3 is 9.97 Å². The van der Waals surface area contributed by atoms with Gasteiger partial charge in [-0.15, -0.1) is 0 Å². The zero-order chi connectivity index (χ0) is 35.9. The van der Waals surface area contributed by atoms with Crippen LogP contribution in [-0.2, 0) is 13.1 Å². The molecule has 0 saturated heterocycles. The monoisotopic (exact) mass is 784 g/mol. The summed E-state index contributed by atoms with van der Waals surface area (Å²) < 4.78 is 4.07. The van der Waals surface area contributed by atoms with Crippen molar-refractivity contribution in [1.29, 1.82) is 0 Å². The minimum absolute atomic E-state index is 0.0394. The zero-order valence-electron chi connectivity index (χ0n) is 26.5. The van der Waals surface area contributed by atoms with E-state index in [2.05, 4.69) is 58.1 Å². The molecule has 254 valence electrons. The van der Waals surface area contributed by atoms with Crippen LogP contribution in [0.4, 0.5) is 0 Å². The SMILES string of the molecule is Cc1ncc(Br)c(=O)n1Cc1ccc(Cl)cc1.Cc1nccc(=O)[nH]1.Cc1nccc(=O)n1Cc1ccc(Cl)cc1.O=c1cc[nH]c(=S)[nH]1. The summed E-state index contributed by atoms with van der Waals surface area (Å²) in [5.74, 6) is 2.05. The lowest BCUT2D eigenvalue weighted by Gasteiger charge is -2.09. The average molecular weight is 787 g/mol. The van der Waals surface area contributed by atoms with Crippen molar-refractivity contribution in [3.05, 3.63) is 181 Å². The van der Waals surface area contributed by atoms with Crippen LogP contribution < -0.4 is 22.2 Å². The molecule has 0 spiro atoms. The van der Waals surface area contributed by atoms with Crippen molar-refractivity contribution in [3.63, 3.8) is 0 Å². The minimum atomic E-state index is -0.172. The van der Waals surface area contributed by atoms with Gasteiger partial charge in [0, 0.05) is 53.0 Å². The number of aromatic nitrogens is 8. The third-order valence-electron chi connectivity index (χ3n) is 6.33. The Balaban J connectivity index is 0.000000187. The molecule has 0 atom stereocenters.